The molecule has 10 heteroatoms. The molecule has 1 saturated heterocycles. The van der Waals surface area contributed by atoms with Crippen LogP contribution >= 0.6 is 11.6 Å². The molecule has 264 valence electrons. The number of rotatable bonds is 17. The Balaban J connectivity index is 1.15. The molecule has 5 aromatic rings. The molecule has 2 N–H and O–H groups in total. The first-order valence-corrected chi connectivity index (χ1v) is 18.0. The van der Waals surface area contributed by atoms with E-state index in [2.05, 4.69) is 81.7 Å². The Morgan fingerprint density at radius 2 is 1.69 bits per heavy atom. The van der Waals surface area contributed by atoms with Crippen LogP contribution in [0.4, 0.5) is 0 Å². The van der Waals surface area contributed by atoms with E-state index in [4.69, 9.17) is 25.8 Å². The number of ether oxygens (including phenoxy) is 3. The van der Waals surface area contributed by atoms with Gasteiger partial charge < -0.3 is 24.4 Å². The van der Waals surface area contributed by atoms with E-state index < -0.39 is 0 Å². The van der Waals surface area contributed by atoms with Crippen LogP contribution in [0.25, 0.3) is 11.1 Å². The number of nitrogens with one attached hydrogen (secondary N) is 2. The zero-order chi connectivity index (χ0) is 35.4. The normalized spacial score (nSPS) is 12.9. The first-order valence-electron chi connectivity index (χ1n) is 17.6. The van der Waals surface area contributed by atoms with Crippen molar-refractivity contribution in [2.75, 3.05) is 32.8 Å². The number of benzene rings is 3. The number of nitrogens with zero attached hydrogens (tertiary/aromatic N) is 4. The second-order valence-corrected chi connectivity index (χ2v) is 13.3. The largest absolute Gasteiger partial charge is 0.493 e. The second kappa shape index (κ2) is 17.9. The lowest BCUT2D eigenvalue weighted by Gasteiger charge is -2.19. The summed E-state index contributed by atoms with van der Waals surface area (Å²) in [4.78, 5) is 6.69. The van der Waals surface area contributed by atoms with Gasteiger partial charge in [-0.15, -0.1) is 0 Å². The maximum atomic E-state index is 9.31. The number of aromatic amines is 1. The molecule has 0 aliphatic carbocycles. The molecule has 6 rings (SSSR count). The smallest absolute Gasteiger partial charge is 0.142 e. The van der Waals surface area contributed by atoms with E-state index in [1.165, 1.54) is 32.1 Å². The van der Waals surface area contributed by atoms with Gasteiger partial charge in [-0.2, -0.15) is 10.4 Å². The van der Waals surface area contributed by atoms with Crippen molar-refractivity contribution in [3.8, 4) is 34.4 Å². The van der Waals surface area contributed by atoms with Gasteiger partial charge in [-0.3, -0.25) is 10.1 Å². The number of pyridine rings is 1. The summed E-state index contributed by atoms with van der Waals surface area (Å²) in [5, 5.41) is 20.4. The van der Waals surface area contributed by atoms with Gasteiger partial charge in [0.25, 0.3) is 0 Å². The number of aromatic nitrogens is 3. The van der Waals surface area contributed by atoms with Crippen molar-refractivity contribution in [2.45, 2.75) is 59.3 Å². The SMILES string of the molecule is Cc1c(COc2cc(OCc3cncc(C#N)c3)c(CNCCc3cc[nH]n3)cc2Cl)cccc1-c1cccc(OCCCN2CCCC2)c1C. The van der Waals surface area contributed by atoms with E-state index in [1.807, 2.05) is 24.4 Å². The monoisotopic (exact) mass is 704 g/mol. The fraction of sp³-hybridized carbons (Fsp3) is 0.341. The Morgan fingerprint density at radius 1 is 0.882 bits per heavy atom. The van der Waals surface area contributed by atoms with Gasteiger partial charge in [0.2, 0.25) is 0 Å². The Bertz CT molecular complexity index is 1930. The molecule has 1 fully saturated rings. The topological polar surface area (TPSA) is 108 Å². The number of hydrogen-bond acceptors (Lipinski definition) is 8. The maximum Gasteiger partial charge on any atom is 0.142 e. The molecule has 9 nitrogen and oxygen atoms in total. The summed E-state index contributed by atoms with van der Waals surface area (Å²) >= 11 is 6.83. The van der Waals surface area contributed by atoms with Gasteiger partial charge in [-0.25, -0.2) is 0 Å². The molecule has 1 aliphatic heterocycles. The molecule has 0 amide bonds. The summed E-state index contributed by atoms with van der Waals surface area (Å²) < 4.78 is 19.0. The predicted molar refractivity (Wildman–Crippen MR) is 200 cm³/mol. The van der Waals surface area contributed by atoms with Gasteiger partial charge in [0.15, 0.2) is 0 Å². The van der Waals surface area contributed by atoms with Crippen LogP contribution in [0.3, 0.4) is 0 Å². The molecule has 3 heterocycles. The number of hydrogen-bond donors (Lipinski definition) is 2. The molecule has 0 spiro atoms. The third kappa shape index (κ3) is 9.67. The molecule has 1 aliphatic rings. The number of nitriles is 1. The van der Waals surface area contributed by atoms with Crippen LogP contribution < -0.4 is 19.5 Å². The molecule has 0 atom stereocenters. The van der Waals surface area contributed by atoms with Crippen molar-refractivity contribution < 1.29 is 14.2 Å². The van der Waals surface area contributed by atoms with E-state index in [0.717, 1.165) is 76.3 Å². The van der Waals surface area contributed by atoms with Crippen molar-refractivity contribution >= 4 is 11.6 Å². The molecule has 0 bridgehead atoms. The molecular formula is C41H45ClN6O3. The van der Waals surface area contributed by atoms with Crippen molar-refractivity contribution in [3.05, 3.63) is 123 Å². The van der Waals surface area contributed by atoms with E-state index in [-0.39, 0.29) is 6.61 Å². The predicted octanol–water partition coefficient (Wildman–Crippen LogP) is 7.97. The lowest BCUT2D eigenvalue weighted by Crippen LogP contribution is -2.22. The summed E-state index contributed by atoms with van der Waals surface area (Å²) in [6.45, 7) is 10.3. The van der Waals surface area contributed by atoms with Crippen molar-refractivity contribution in [1.82, 2.24) is 25.4 Å². The fourth-order valence-corrected chi connectivity index (χ4v) is 6.68. The van der Waals surface area contributed by atoms with E-state index in [0.29, 0.717) is 41.8 Å². The Hall–Kier alpha value is -4.88. The van der Waals surface area contributed by atoms with Gasteiger partial charge in [-0.1, -0.05) is 41.9 Å². The average Bonchev–Trinajstić information content (AvgIpc) is 3.88. The van der Waals surface area contributed by atoms with Gasteiger partial charge in [0.1, 0.15) is 36.5 Å². The van der Waals surface area contributed by atoms with Crippen LogP contribution in [0.5, 0.6) is 17.2 Å². The molecule has 0 radical (unpaired) electrons. The number of likely N-dealkylation sites (tertiary alicyclic amines) is 1. The second-order valence-electron chi connectivity index (χ2n) is 12.9. The third-order valence-electron chi connectivity index (χ3n) is 9.34. The van der Waals surface area contributed by atoms with Crippen LogP contribution in [0.1, 0.15) is 58.3 Å². The van der Waals surface area contributed by atoms with Crippen molar-refractivity contribution in [2.24, 2.45) is 0 Å². The average molecular weight is 705 g/mol. The van der Waals surface area contributed by atoms with Crippen molar-refractivity contribution in [3.63, 3.8) is 0 Å². The minimum absolute atomic E-state index is 0.242. The number of halogens is 1. The summed E-state index contributed by atoms with van der Waals surface area (Å²) in [6.07, 6.45) is 9.49. The molecular weight excluding hydrogens is 660 g/mol. The fourth-order valence-electron chi connectivity index (χ4n) is 6.44. The van der Waals surface area contributed by atoms with E-state index in [9.17, 15) is 5.26 Å². The van der Waals surface area contributed by atoms with Crippen LogP contribution in [0.2, 0.25) is 5.02 Å². The molecule has 0 unspecified atom stereocenters. The van der Waals surface area contributed by atoms with Gasteiger partial charge in [-0.05, 0) is 98.3 Å². The maximum absolute atomic E-state index is 9.31. The summed E-state index contributed by atoms with van der Waals surface area (Å²) in [7, 11) is 0. The Labute approximate surface area is 305 Å². The highest BCUT2D eigenvalue weighted by atomic mass is 35.5. The van der Waals surface area contributed by atoms with Gasteiger partial charge in [0, 0.05) is 61.8 Å². The summed E-state index contributed by atoms with van der Waals surface area (Å²) in [6, 6.07) is 22.2. The Morgan fingerprint density at radius 3 is 2.49 bits per heavy atom. The van der Waals surface area contributed by atoms with E-state index >= 15 is 0 Å². The highest BCUT2D eigenvalue weighted by Crippen LogP contribution is 2.36. The van der Waals surface area contributed by atoms with Crippen LogP contribution in [-0.2, 0) is 26.2 Å². The third-order valence-corrected chi connectivity index (χ3v) is 9.64. The van der Waals surface area contributed by atoms with Crippen molar-refractivity contribution in [1.29, 1.82) is 5.26 Å². The van der Waals surface area contributed by atoms with Crippen LogP contribution in [0.15, 0.2) is 79.3 Å². The standard InChI is InChI=1S/C41H45ClN6O3/c1-29-33(8-5-9-36(29)37-10-6-11-39(30(37)2)49-19-7-18-48-16-3-4-17-48)28-51-41-22-40(50-27-32-20-31(23-43)24-45-25-32)34(21-38(41)42)26-44-14-12-35-13-15-46-47-35/h5-6,8-11,13,15,20-22,24-25,44H,3-4,7,12,14,16-19,26-28H2,1-2H3,(H,46,47). The first kappa shape index (κ1) is 35.9. The minimum Gasteiger partial charge on any atom is -0.493 e. The first-order chi connectivity index (χ1) is 25.0. The molecule has 0 saturated carbocycles. The lowest BCUT2D eigenvalue weighted by atomic mass is 9.93. The molecule has 2 aromatic heterocycles. The highest BCUT2D eigenvalue weighted by Gasteiger charge is 2.16. The zero-order valence-electron chi connectivity index (χ0n) is 29.4. The number of H-pyrrole nitrogens is 1. The lowest BCUT2D eigenvalue weighted by molar-refractivity contribution is 0.262. The summed E-state index contributed by atoms with van der Waals surface area (Å²) in [5.74, 6) is 2.10. The van der Waals surface area contributed by atoms with Crippen LogP contribution in [-0.4, -0.2) is 52.9 Å². The van der Waals surface area contributed by atoms with E-state index in [1.54, 1.807) is 12.3 Å². The molecule has 3 aromatic carbocycles. The zero-order valence-corrected chi connectivity index (χ0v) is 30.1. The Kier molecular flexibility index (Phi) is 12.6. The van der Waals surface area contributed by atoms with Crippen LogP contribution in [0, 0.1) is 25.2 Å². The molecule has 51 heavy (non-hydrogen) atoms. The summed E-state index contributed by atoms with van der Waals surface area (Å²) in [5.41, 5.74) is 8.80. The van der Waals surface area contributed by atoms with Gasteiger partial charge in [0.05, 0.1) is 22.9 Å². The quantitative estimate of drug-likeness (QED) is 0.0939. The van der Waals surface area contributed by atoms with Gasteiger partial charge >= 0.3 is 0 Å². The minimum atomic E-state index is 0.242. The highest BCUT2D eigenvalue weighted by molar-refractivity contribution is 6.32.